The fourth-order valence-corrected chi connectivity index (χ4v) is 2.84. The van der Waals surface area contributed by atoms with E-state index in [0.717, 1.165) is 23.2 Å². The van der Waals surface area contributed by atoms with Crippen molar-refractivity contribution < 1.29 is 9.90 Å². The van der Waals surface area contributed by atoms with Gasteiger partial charge in [-0.2, -0.15) is 0 Å². The summed E-state index contributed by atoms with van der Waals surface area (Å²) in [5.74, 6) is 0.110. The van der Waals surface area contributed by atoms with Crippen LogP contribution in [0.3, 0.4) is 0 Å². The van der Waals surface area contributed by atoms with Crippen LogP contribution >= 0.6 is 0 Å². The monoisotopic (exact) mass is 282 g/mol. The Hall–Kier alpha value is -2.49. The Morgan fingerprint density at radius 1 is 1.24 bits per heavy atom. The number of anilines is 1. The molecule has 0 aromatic heterocycles. The van der Waals surface area contributed by atoms with E-state index >= 15 is 0 Å². The van der Waals surface area contributed by atoms with Gasteiger partial charge >= 0.3 is 0 Å². The molecule has 4 nitrogen and oxygen atoms in total. The van der Waals surface area contributed by atoms with Gasteiger partial charge in [-0.15, -0.1) is 0 Å². The van der Waals surface area contributed by atoms with Crippen molar-refractivity contribution >= 4 is 11.6 Å². The normalized spacial score (nSPS) is 13.9. The Balaban J connectivity index is 1.89. The average molecular weight is 282 g/mol. The van der Waals surface area contributed by atoms with Crippen LogP contribution in [0.25, 0.3) is 0 Å². The summed E-state index contributed by atoms with van der Waals surface area (Å²) in [4.78, 5) is 14.5. The van der Waals surface area contributed by atoms with Crippen molar-refractivity contribution in [3.63, 3.8) is 0 Å². The number of phenols is 1. The second-order valence-electron chi connectivity index (χ2n) is 5.41. The lowest BCUT2D eigenvalue weighted by Crippen LogP contribution is -2.36. The molecular weight excluding hydrogens is 264 g/mol. The third kappa shape index (κ3) is 2.33. The Morgan fingerprint density at radius 3 is 2.81 bits per heavy atom. The van der Waals surface area contributed by atoms with E-state index in [9.17, 15) is 9.90 Å². The summed E-state index contributed by atoms with van der Waals surface area (Å²) in [7, 11) is 0. The molecule has 0 fully saturated rings. The van der Waals surface area contributed by atoms with Gasteiger partial charge in [-0.05, 0) is 42.7 Å². The first kappa shape index (κ1) is 13.5. The zero-order valence-corrected chi connectivity index (χ0v) is 12.0. The summed E-state index contributed by atoms with van der Waals surface area (Å²) in [6.45, 7) is 2.97. The zero-order valence-electron chi connectivity index (χ0n) is 12.0. The quantitative estimate of drug-likeness (QED) is 0.790. The molecule has 0 atom stereocenters. The standard InChI is InChI=1S/C17H18N2O2/c1-11-13(5-3-7-16(11)20)17(21)19-9-8-14-12(10-19)4-2-6-15(14)18/h2-7,20H,8-10,18H2,1H3. The first-order chi connectivity index (χ1) is 10.1. The summed E-state index contributed by atoms with van der Waals surface area (Å²) < 4.78 is 0. The van der Waals surface area contributed by atoms with Crippen molar-refractivity contribution in [1.82, 2.24) is 4.90 Å². The topological polar surface area (TPSA) is 66.6 Å². The Kier molecular flexibility index (Phi) is 3.29. The van der Waals surface area contributed by atoms with E-state index in [0.29, 0.717) is 24.2 Å². The first-order valence-corrected chi connectivity index (χ1v) is 7.02. The van der Waals surface area contributed by atoms with Gasteiger partial charge in [-0.1, -0.05) is 18.2 Å². The lowest BCUT2D eigenvalue weighted by molar-refractivity contribution is 0.0733. The second kappa shape index (κ2) is 5.13. The van der Waals surface area contributed by atoms with Crippen molar-refractivity contribution in [2.75, 3.05) is 12.3 Å². The number of carbonyl (C=O) groups is 1. The number of fused-ring (bicyclic) bond motifs is 1. The number of phenolic OH excluding ortho intramolecular Hbond substituents is 1. The third-order valence-corrected chi connectivity index (χ3v) is 4.13. The smallest absolute Gasteiger partial charge is 0.254 e. The predicted octanol–water partition coefficient (Wildman–Crippen LogP) is 2.48. The molecule has 0 saturated heterocycles. The lowest BCUT2D eigenvalue weighted by Gasteiger charge is -2.30. The number of nitrogen functional groups attached to an aromatic ring is 1. The maximum Gasteiger partial charge on any atom is 0.254 e. The van der Waals surface area contributed by atoms with Gasteiger partial charge in [0.1, 0.15) is 5.75 Å². The van der Waals surface area contributed by atoms with E-state index in [2.05, 4.69) is 0 Å². The minimum atomic E-state index is -0.0449. The molecule has 0 bridgehead atoms. The Morgan fingerprint density at radius 2 is 2.00 bits per heavy atom. The SMILES string of the molecule is Cc1c(O)cccc1C(=O)N1CCc2c(N)cccc2C1. The molecule has 2 aromatic rings. The van der Waals surface area contributed by atoms with Crippen LogP contribution in [0.1, 0.15) is 27.0 Å². The van der Waals surface area contributed by atoms with Gasteiger partial charge in [0.05, 0.1) is 0 Å². The molecule has 3 rings (SSSR count). The molecule has 4 heteroatoms. The minimum Gasteiger partial charge on any atom is -0.508 e. The third-order valence-electron chi connectivity index (χ3n) is 4.13. The fraction of sp³-hybridized carbons (Fsp3) is 0.235. The van der Waals surface area contributed by atoms with Gasteiger partial charge in [-0.25, -0.2) is 0 Å². The van der Waals surface area contributed by atoms with Crippen LogP contribution in [0.2, 0.25) is 0 Å². The molecule has 3 N–H and O–H groups in total. The number of rotatable bonds is 1. The molecule has 108 valence electrons. The predicted molar refractivity (Wildman–Crippen MR) is 82.1 cm³/mol. The number of hydrogen-bond acceptors (Lipinski definition) is 3. The highest BCUT2D eigenvalue weighted by molar-refractivity contribution is 5.96. The number of aromatic hydroxyl groups is 1. The molecule has 21 heavy (non-hydrogen) atoms. The summed E-state index contributed by atoms with van der Waals surface area (Å²) in [6, 6.07) is 10.9. The summed E-state index contributed by atoms with van der Waals surface area (Å²) in [5.41, 5.74) is 10.2. The molecule has 0 unspecified atom stereocenters. The van der Waals surface area contributed by atoms with Crippen LogP contribution < -0.4 is 5.73 Å². The van der Waals surface area contributed by atoms with E-state index in [1.807, 2.05) is 23.1 Å². The van der Waals surface area contributed by atoms with Crippen molar-refractivity contribution in [1.29, 1.82) is 0 Å². The molecule has 0 spiro atoms. The van der Waals surface area contributed by atoms with Gasteiger partial charge in [-0.3, -0.25) is 4.79 Å². The largest absolute Gasteiger partial charge is 0.508 e. The molecule has 2 aromatic carbocycles. The number of benzene rings is 2. The van der Waals surface area contributed by atoms with Gasteiger partial charge in [0.2, 0.25) is 0 Å². The van der Waals surface area contributed by atoms with Crippen LogP contribution in [0.5, 0.6) is 5.75 Å². The number of nitrogens with two attached hydrogens (primary N) is 1. The highest BCUT2D eigenvalue weighted by Crippen LogP contribution is 2.27. The van der Waals surface area contributed by atoms with Crippen molar-refractivity contribution in [2.24, 2.45) is 0 Å². The Labute approximate surface area is 123 Å². The molecule has 1 aliphatic heterocycles. The summed E-state index contributed by atoms with van der Waals surface area (Å²) in [5, 5.41) is 9.75. The molecule has 1 aliphatic rings. The molecule has 1 amide bonds. The van der Waals surface area contributed by atoms with E-state index in [1.165, 1.54) is 0 Å². The molecule has 0 aliphatic carbocycles. The van der Waals surface area contributed by atoms with Gasteiger partial charge < -0.3 is 15.7 Å². The Bertz CT molecular complexity index is 710. The summed E-state index contributed by atoms with van der Waals surface area (Å²) in [6.07, 6.45) is 0.769. The van der Waals surface area contributed by atoms with Crippen LogP contribution in [0.15, 0.2) is 36.4 Å². The van der Waals surface area contributed by atoms with Crippen LogP contribution in [-0.2, 0) is 13.0 Å². The molecule has 0 radical (unpaired) electrons. The number of carbonyl (C=O) groups excluding carboxylic acids is 1. The van der Waals surface area contributed by atoms with E-state index in [1.54, 1.807) is 25.1 Å². The first-order valence-electron chi connectivity index (χ1n) is 7.02. The maximum atomic E-state index is 12.7. The van der Waals surface area contributed by atoms with Crippen LogP contribution in [-0.4, -0.2) is 22.5 Å². The van der Waals surface area contributed by atoms with Crippen LogP contribution in [0.4, 0.5) is 5.69 Å². The van der Waals surface area contributed by atoms with E-state index in [4.69, 9.17) is 5.73 Å². The highest BCUT2D eigenvalue weighted by Gasteiger charge is 2.24. The number of nitrogens with zero attached hydrogens (tertiary/aromatic N) is 1. The number of amides is 1. The van der Waals surface area contributed by atoms with E-state index in [-0.39, 0.29) is 11.7 Å². The van der Waals surface area contributed by atoms with Crippen molar-refractivity contribution in [3.8, 4) is 5.75 Å². The van der Waals surface area contributed by atoms with Gasteiger partial charge in [0.25, 0.3) is 5.91 Å². The second-order valence-corrected chi connectivity index (χ2v) is 5.41. The number of hydrogen-bond donors (Lipinski definition) is 2. The molecular formula is C17H18N2O2. The van der Waals surface area contributed by atoms with Crippen molar-refractivity contribution in [3.05, 3.63) is 58.7 Å². The minimum absolute atomic E-state index is 0.0449. The highest BCUT2D eigenvalue weighted by atomic mass is 16.3. The van der Waals surface area contributed by atoms with Crippen molar-refractivity contribution in [2.45, 2.75) is 19.9 Å². The van der Waals surface area contributed by atoms with E-state index < -0.39 is 0 Å². The fourth-order valence-electron chi connectivity index (χ4n) is 2.84. The van der Waals surface area contributed by atoms with Gasteiger partial charge in [0, 0.05) is 29.9 Å². The zero-order chi connectivity index (χ0) is 15.0. The maximum absolute atomic E-state index is 12.7. The van der Waals surface area contributed by atoms with Crippen LogP contribution in [0, 0.1) is 6.92 Å². The molecule has 0 saturated carbocycles. The lowest BCUT2D eigenvalue weighted by atomic mass is 9.97. The summed E-state index contributed by atoms with van der Waals surface area (Å²) >= 11 is 0. The molecule has 1 heterocycles. The van der Waals surface area contributed by atoms with Gasteiger partial charge in [0.15, 0.2) is 0 Å². The average Bonchev–Trinajstić information content (AvgIpc) is 2.49.